The second-order valence-electron chi connectivity index (χ2n) is 8.35. The van der Waals surface area contributed by atoms with E-state index in [4.69, 9.17) is 4.74 Å². The minimum Gasteiger partial charge on any atom is -0.497 e. The number of thiazole rings is 1. The monoisotopic (exact) mass is 509 g/mol. The number of ether oxygens (including phenoxy) is 1. The SMILES string of the molecule is COc1ccc2c(c1)sc(=NC(=O)c1ccc(S(=O)(=O)N(Cc3ccccc3)C(C)C)cc1)n2C. The summed E-state index contributed by atoms with van der Waals surface area (Å²) in [5, 5.41) is 0. The van der Waals surface area contributed by atoms with Gasteiger partial charge in [0.25, 0.3) is 5.91 Å². The summed E-state index contributed by atoms with van der Waals surface area (Å²) in [6.45, 7) is 3.96. The van der Waals surface area contributed by atoms with Crippen LogP contribution in [-0.2, 0) is 23.6 Å². The number of rotatable bonds is 7. The molecule has 0 saturated heterocycles. The highest BCUT2D eigenvalue weighted by Crippen LogP contribution is 2.23. The molecule has 9 heteroatoms. The first-order valence-corrected chi connectivity index (χ1v) is 13.3. The number of amides is 1. The van der Waals surface area contributed by atoms with E-state index >= 15 is 0 Å². The van der Waals surface area contributed by atoms with Gasteiger partial charge in [-0.05, 0) is 61.9 Å². The van der Waals surface area contributed by atoms with E-state index in [9.17, 15) is 13.2 Å². The third-order valence-electron chi connectivity index (χ3n) is 5.68. The Morgan fingerprint density at radius 3 is 2.37 bits per heavy atom. The summed E-state index contributed by atoms with van der Waals surface area (Å²) in [6, 6.07) is 20.9. The van der Waals surface area contributed by atoms with Crippen LogP contribution in [0.4, 0.5) is 0 Å². The van der Waals surface area contributed by atoms with E-state index < -0.39 is 15.9 Å². The highest BCUT2D eigenvalue weighted by molar-refractivity contribution is 7.89. The molecule has 4 aromatic rings. The summed E-state index contributed by atoms with van der Waals surface area (Å²) in [7, 11) is -0.299. The Balaban J connectivity index is 1.61. The Kier molecular flexibility index (Phi) is 7.20. The van der Waals surface area contributed by atoms with Crippen molar-refractivity contribution in [2.24, 2.45) is 12.0 Å². The largest absolute Gasteiger partial charge is 0.497 e. The van der Waals surface area contributed by atoms with Crippen molar-refractivity contribution in [3.8, 4) is 5.75 Å². The van der Waals surface area contributed by atoms with E-state index in [0.717, 1.165) is 21.5 Å². The standard InChI is InChI=1S/C26H27N3O4S2/c1-18(2)29(17-19-8-6-5-7-9-19)35(31,32)22-13-10-20(11-14-22)25(30)27-26-28(3)23-15-12-21(33-4)16-24(23)34-26/h5-16,18H,17H2,1-4H3. The van der Waals surface area contributed by atoms with Gasteiger partial charge in [-0.25, -0.2) is 8.42 Å². The highest BCUT2D eigenvalue weighted by Gasteiger charge is 2.27. The summed E-state index contributed by atoms with van der Waals surface area (Å²) in [6.07, 6.45) is 0. The van der Waals surface area contributed by atoms with Gasteiger partial charge >= 0.3 is 0 Å². The molecule has 1 heterocycles. The lowest BCUT2D eigenvalue weighted by Gasteiger charge is -2.26. The predicted molar refractivity (Wildman–Crippen MR) is 138 cm³/mol. The fraction of sp³-hybridized carbons (Fsp3) is 0.231. The number of sulfonamides is 1. The van der Waals surface area contributed by atoms with Crippen LogP contribution in [0.25, 0.3) is 10.2 Å². The molecule has 1 amide bonds. The van der Waals surface area contributed by atoms with Crippen LogP contribution in [0.3, 0.4) is 0 Å². The van der Waals surface area contributed by atoms with Gasteiger partial charge in [-0.3, -0.25) is 4.79 Å². The average molecular weight is 510 g/mol. The van der Waals surface area contributed by atoms with Crippen molar-refractivity contribution in [2.45, 2.75) is 31.3 Å². The number of aryl methyl sites for hydroxylation is 1. The van der Waals surface area contributed by atoms with Gasteiger partial charge in [0, 0.05) is 25.2 Å². The molecule has 0 N–H and O–H groups in total. The number of hydrogen-bond acceptors (Lipinski definition) is 5. The third kappa shape index (κ3) is 5.22. The number of nitrogens with zero attached hydrogens (tertiary/aromatic N) is 3. The lowest BCUT2D eigenvalue weighted by molar-refractivity contribution is 0.0998. The Morgan fingerprint density at radius 2 is 1.74 bits per heavy atom. The second kappa shape index (κ2) is 10.2. The van der Waals surface area contributed by atoms with Crippen molar-refractivity contribution < 1.29 is 17.9 Å². The van der Waals surface area contributed by atoms with E-state index in [1.807, 2.05) is 74.0 Å². The molecule has 0 atom stereocenters. The lowest BCUT2D eigenvalue weighted by Crippen LogP contribution is -2.36. The molecule has 0 aliphatic carbocycles. The molecule has 7 nitrogen and oxygen atoms in total. The van der Waals surface area contributed by atoms with Gasteiger partial charge < -0.3 is 9.30 Å². The molecule has 0 radical (unpaired) electrons. The summed E-state index contributed by atoms with van der Waals surface area (Å²) < 4.78 is 36.2. The molecule has 1 aromatic heterocycles. The second-order valence-corrected chi connectivity index (χ2v) is 11.2. The maximum absolute atomic E-state index is 13.4. The summed E-state index contributed by atoms with van der Waals surface area (Å²) in [5.74, 6) is 0.296. The van der Waals surface area contributed by atoms with Crippen LogP contribution >= 0.6 is 11.3 Å². The zero-order valence-electron chi connectivity index (χ0n) is 20.0. The Labute approximate surface area is 209 Å². The molecule has 0 aliphatic rings. The van der Waals surface area contributed by atoms with E-state index in [-0.39, 0.29) is 17.5 Å². The maximum Gasteiger partial charge on any atom is 0.279 e. The van der Waals surface area contributed by atoms with E-state index in [1.54, 1.807) is 7.11 Å². The van der Waals surface area contributed by atoms with Crippen LogP contribution in [-0.4, -0.2) is 36.3 Å². The summed E-state index contributed by atoms with van der Waals surface area (Å²) in [5.41, 5.74) is 2.17. The maximum atomic E-state index is 13.4. The molecule has 0 bridgehead atoms. The van der Waals surface area contributed by atoms with Gasteiger partial charge in [0.05, 0.1) is 22.2 Å². The van der Waals surface area contributed by atoms with Crippen molar-refractivity contribution in [3.63, 3.8) is 0 Å². The van der Waals surface area contributed by atoms with Gasteiger partial charge in [-0.15, -0.1) is 0 Å². The number of carbonyl (C=O) groups excluding carboxylic acids is 1. The van der Waals surface area contributed by atoms with Gasteiger partial charge in [0.2, 0.25) is 10.0 Å². The zero-order chi connectivity index (χ0) is 25.2. The summed E-state index contributed by atoms with van der Waals surface area (Å²) in [4.78, 5) is 17.8. The summed E-state index contributed by atoms with van der Waals surface area (Å²) >= 11 is 1.38. The number of benzene rings is 3. The smallest absolute Gasteiger partial charge is 0.279 e. The molecule has 182 valence electrons. The van der Waals surface area contributed by atoms with Crippen LogP contribution in [0.15, 0.2) is 82.7 Å². The minimum absolute atomic E-state index is 0.137. The lowest BCUT2D eigenvalue weighted by atomic mass is 10.2. The first kappa shape index (κ1) is 24.8. The van der Waals surface area contributed by atoms with Crippen molar-refractivity contribution in [3.05, 3.63) is 88.7 Å². The minimum atomic E-state index is -3.75. The van der Waals surface area contributed by atoms with Gasteiger partial charge in [-0.1, -0.05) is 41.7 Å². The molecular formula is C26H27N3O4S2. The van der Waals surface area contributed by atoms with Crippen molar-refractivity contribution >= 4 is 37.5 Å². The number of fused-ring (bicyclic) bond motifs is 1. The number of aromatic nitrogens is 1. The van der Waals surface area contributed by atoms with Crippen LogP contribution in [0.1, 0.15) is 29.8 Å². The first-order valence-electron chi connectivity index (χ1n) is 11.1. The normalized spacial score (nSPS) is 12.6. The van der Waals surface area contributed by atoms with Gasteiger partial charge in [-0.2, -0.15) is 9.30 Å². The fourth-order valence-corrected chi connectivity index (χ4v) is 6.38. The third-order valence-corrected chi connectivity index (χ3v) is 8.81. The van der Waals surface area contributed by atoms with Crippen LogP contribution < -0.4 is 9.54 Å². The molecular weight excluding hydrogens is 482 g/mol. The zero-order valence-corrected chi connectivity index (χ0v) is 21.6. The molecule has 4 rings (SSSR count). The number of methoxy groups -OCH3 is 1. The fourth-order valence-electron chi connectivity index (χ4n) is 3.71. The van der Waals surface area contributed by atoms with Crippen molar-refractivity contribution in [1.82, 2.24) is 8.87 Å². The van der Waals surface area contributed by atoms with E-state index in [1.165, 1.54) is 39.9 Å². The van der Waals surface area contributed by atoms with Crippen molar-refractivity contribution in [2.75, 3.05) is 7.11 Å². The Hall–Kier alpha value is -3.27. The van der Waals surface area contributed by atoms with Crippen LogP contribution in [0.2, 0.25) is 0 Å². The molecule has 3 aromatic carbocycles. The molecule has 0 fully saturated rings. The van der Waals surface area contributed by atoms with Crippen LogP contribution in [0, 0.1) is 0 Å². The topological polar surface area (TPSA) is 81.0 Å². The highest BCUT2D eigenvalue weighted by atomic mass is 32.2. The molecule has 0 spiro atoms. The quantitative estimate of drug-likeness (QED) is 0.365. The molecule has 35 heavy (non-hydrogen) atoms. The van der Waals surface area contributed by atoms with Crippen LogP contribution in [0.5, 0.6) is 5.75 Å². The van der Waals surface area contributed by atoms with Gasteiger partial charge in [0.1, 0.15) is 5.75 Å². The van der Waals surface area contributed by atoms with E-state index in [2.05, 4.69) is 4.99 Å². The predicted octanol–water partition coefficient (Wildman–Crippen LogP) is 4.59. The van der Waals surface area contributed by atoms with Crippen molar-refractivity contribution in [1.29, 1.82) is 0 Å². The molecule has 0 saturated carbocycles. The first-order chi connectivity index (χ1) is 16.7. The Bertz CT molecular complexity index is 1520. The number of hydrogen-bond donors (Lipinski definition) is 0. The van der Waals surface area contributed by atoms with E-state index in [0.29, 0.717) is 10.4 Å². The van der Waals surface area contributed by atoms with Gasteiger partial charge in [0.15, 0.2) is 4.80 Å². The average Bonchev–Trinajstić information content (AvgIpc) is 3.17. The molecule has 0 unspecified atom stereocenters. The Morgan fingerprint density at radius 1 is 1.06 bits per heavy atom. The molecule has 0 aliphatic heterocycles. The number of carbonyl (C=O) groups is 1.